The van der Waals surface area contributed by atoms with Gasteiger partial charge in [-0.1, -0.05) is 13.0 Å². The van der Waals surface area contributed by atoms with Crippen LogP contribution in [0.2, 0.25) is 0 Å². The molecule has 104 valence electrons. The number of rotatable bonds is 6. The topological polar surface area (TPSA) is 45.5 Å². The highest BCUT2D eigenvalue weighted by molar-refractivity contribution is 5.49. The Morgan fingerprint density at radius 2 is 2.26 bits per heavy atom. The van der Waals surface area contributed by atoms with Crippen molar-refractivity contribution in [1.82, 2.24) is 19.5 Å². The van der Waals surface area contributed by atoms with E-state index < -0.39 is 0 Å². The van der Waals surface area contributed by atoms with Crippen molar-refractivity contribution in [2.75, 3.05) is 25.5 Å². The van der Waals surface area contributed by atoms with E-state index in [1.165, 1.54) is 6.42 Å². The molecule has 0 radical (unpaired) electrons. The molecule has 0 fully saturated rings. The molecule has 1 unspecified atom stereocenters. The molecule has 19 heavy (non-hydrogen) atoms. The van der Waals surface area contributed by atoms with Crippen molar-refractivity contribution >= 4 is 11.6 Å². The van der Waals surface area contributed by atoms with Gasteiger partial charge >= 0.3 is 0 Å². The molecule has 0 amide bonds. The molecule has 0 saturated heterocycles. The largest absolute Gasteiger partial charge is 0.352 e. The van der Waals surface area contributed by atoms with Gasteiger partial charge in [0.2, 0.25) is 5.95 Å². The van der Waals surface area contributed by atoms with Gasteiger partial charge in [-0.3, -0.25) is 0 Å². The van der Waals surface area contributed by atoms with Gasteiger partial charge < -0.3 is 10.2 Å². The van der Waals surface area contributed by atoms with Gasteiger partial charge in [-0.15, -0.1) is 5.10 Å². The van der Waals surface area contributed by atoms with Crippen molar-refractivity contribution in [3.63, 3.8) is 0 Å². The number of hydrogen-bond donors (Lipinski definition) is 1. The highest BCUT2D eigenvalue weighted by Crippen LogP contribution is 2.09. The molecule has 5 nitrogen and oxygen atoms in total. The number of hydrogen-bond acceptors (Lipinski definition) is 4. The Kier molecular flexibility index (Phi) is 4.37. The van der Waals surface area contributed by atoms with Crippen LogP contribution in [0.15, 0.2) is 18.3 Å². The lowest BCUT2D eigenvalue weighted by Crippen LogP contribution is -2.32. The molecule has 2 aromatic rings. The van der Waals surface area contributed by atoms with Crippen LogP contribution in [-0.2, 0) is 0 Å². The fourth-order valence-electron chi connectivity index (χ4n) is 1.99. The first-order valence-electron chi connectivity index (χ1n) is 6.88. The van der Waals surface area contributed by atoms with Crippen molar-refractivity contribution in [2.45, 2.75) is 33.2 Å². The lowest BCUT2D eigenvalue weighted by atomic mass is 10.2. The van der Waals surface area contributed by atoms with Gasteiger partial charge in [0.05, 0.1) is 0 Å². The standard InChI is InChI=1S/C14H23N5/c1-5-12(3)18(4)10-8-15-14-16-13-11(2)7-6-9-19(13)17-14/h6-7,9,12H,5,8,10H2,1-4H3,(H,15,17). The van der Waals surface area contributed by atoms with Crippen molar-refractivity contribution in [1.29, 1.82) is 0 Å². The van der Waals surface area contributed by atoms with Gasteiger partial charge in [0.25, 0.3) is 0 Å². The number of anilines is 1. The first-order valence-corrected chi connectivity index (χ1v) is 6.88. The molecule has 0 bridgehead atoms. The van der Waals surface area contributed by atoms with Crippen LogP contribution >= 0.6 is 0 Å². The summed E-state index contributed by atoms with van der Waals surface area (Å²) in [6.07, 6.45) is 3.09. The first-order chi connectivity index (χ1) is 9.11. The highest BCUT2D eigenvalue weighted by Gasteiger charge is 2.07. The SMILES string of the molecule is CCC(C)N(C)CCNc1nc2c(C)cccn2n1. The molecule has 1 atom stereocenters. The van der Waals surface area contributed by atoms with Crippen LogP contribution in [0.1, 0.15) is 25.8 Å². The second-order valence-corrected chi connectivity index (χ2v) is 5.06. The molecule has 0 aromatic carbocycles. The number of fused-ring (bicyclic) bond motifs is 1. The lowest BCUT2D eigenvalue weighted by molar-refractivity contribution is 0.261. The maximum atomic E-state index is 4.50. The van der Waals surface area contributed by atoms with E-state index in [2.05, 4.69) is 41.2 Å². The van der Waals surface area contributed by atoms with Crippen LogP contribution in [0.5, 0.6) is 0 Å². The average Bonchev–Trinajstić information content (AvgIpc) is 2.82. The smallest absolute Gasteiger partial charge is 0.243 e. The molecule has 0 aliphatic rings. The first kappa shape index (κ1) is 13.8. The van der Waals surface area contributed by atoms with E-state index in [-0.39, 0.29) is 0 Å². The Morgan fingerprint density at radius 1 is 1.47 bits per heavy atom. The summed E-state index contributed by atoms with van der Waals surface area (Å²) >= 11 is 0. The summed E-state index contributed by atoms with van der Waals surface area (Å²) in [7, 11) is 2.15. The van der Waals surface area contributed by atoms with E-state index in [0.717, 1.165) is 24.3 Å². The van der Waals surface area contributed by atoms with E-state index >= 15 is 0 Å². The third kappa shape index (κ3) is 3.23. The molecule has 0 aliphatic heterocycles. The maximum absolute atomic E-state index is 4.50. The Hall–Kier alpha value is -1.62. The van der Waals surface area contributed by atoms with Crippen molar-refractivity contribution in [3.05, 3.63) is 23.9 Å². The zero-order chi connectivity index (χ0) is 13.8. The average molecular weight is 261 g/mol. The zero-order valence-electron chi connectivity index (χ0n) is 12.2. The third-order valence-electron chi connectivity index (χ3n) is 3.65. The van der Waals surface area contributed by atoms with Crippen molar-refractivity contribution in [2.24, 2.45) is 0 Å². The second kappa shape index (κ2) is 6.02. The fourth-order valence-corrected chi connectivity index (χ4v) is 1.99. The summed E-state index contributed by atoms with van der Waals surface area (Å²) in [5, 5.41) is 7.70. The minimum Gasteiger partial charge on any atom is -0.352 e. The van der Waals surface area contributed by atoms with Gasteiger partial charge in [-0.2, -0.15) is 4.98 Å². The number of aromatic nitrogens is 3. The number of aryl methyl sites for hydroxylation is 1. The molecule has 2 aromatic heterocycles. The Morgan fingerprint density at radius 3 is 2.95 bits per heavy atom. The normalized spacial score (nSPS) is 13.1. The third-order valence-corrected chi connectivity index (χ3v) is 3.65. The van der Waals surface area contributed by atoms with Crippen LogP contribution < -0.4 is 5.32 Å². The summed E-state index contributed by atoms with van der Waals surface area (Å²) in [6.45, 7) is 8.35. The summed E-state index contributed by atoms with van der Waals surface area (Å²) in [4.78, 5) is 6.84. The van der Waals surface area contributed by atoms with E-state index in [4.69, 9.17) is 0 Å². The number of nitrogens with zero attached hydrogens (tertiary/aromatic N) is 4. The molecular formula is C14H23N5. The lowest BCUT2D eigenvalue weighted by Gasteiger charge is -2.23. The Balaban J connectivity index is 1.93. The van der Waals surface area contributed by atoms with E-state index in [1.54, 1.807) is 0 Å². The molecule has 0 saturated carbocycles. The van der Waals surface area contributed by atoms with Crippen LogP contribution in [0.25, 0.3) is 5.65 Å². The molecule has 0 spiro atoms. The van der Waals surface area contributed by atoms with Gasteiger partial charge in [-0.05, 0) is 38.9 Å². The van der Waals surface area contributed by atoms with Gasteiger partial charge in [-0.25, -0.2) is 4.52 Å². The van der Waals surface area contributed by atoms with Gasteiger partial charge in [0, 0.05) is 25.3 Å². The maximum Gasteiger partial charge on any atom is 0.243 e. The van der Waals surface area contributed by atoms with E-state index in [1.807, 2.05) is 29.8 Å². The van der Waals surface area contributed by atoms with E-state index in [0.29, 0.717) is 12.0 Å². The molecular weight excluding hydrogens is 238 g/mol. The predicted molar refractivity (Wildman–Crippen MR) is 78.6 cm³/mol. The predicted octanol–water partition coefficient (Wildman–Crippen LogP) is 2.18. The molecule has 5 heteroatoms. The summed E-state index contributed by atoms with van der Waals surface area (Å²) in [5.74, 6) is 0.701. The molecule has 2 rings (SSSR count). The van der Waals surface area contributed by atoms with Crippen LogP contribution in [0, 0.1) is 6.92 Å². The number of pyridine rings is 1. The summed E-state index contributed by atoms with van der Waals surface area (Å²) < 4.78 is 1.82. The molecule has 2 heterocycles. The van der Waals surface area contributed by atoms with Gasteiger partial charge in [0.1, 0.15) is 0 Å². The van der Waals surface area contributed by atoms with Gasteiger partial charge in [0.15, 0.2) is 5.65 Å². The summed E-state index contributed by atoms with van der Waals surface area (Å²) in [6, 6.07) is 4.64. The number of nitrogens with one attached hydrogen (secondary N) is 1. The minimum absolute atomic E-state index is 0.609. The van der Waals surface area contributed by atoms with Crippen LogP contribution in [0.3, 0.4) is 0 Å². The van der Waals surface area contributed by atoms with Crippen molar-refractivity contribution in [3.8, 4) is 0 Å². The monoisotopic (exact) mass is 261 g/mol. The number of likely N-dealkylation sites (N-methyl/N-ethyl adjacent to an activating group) is 1. The quantitative estimate of drug-likeness (QED) is 0.865. The summed E-state index contributed by atoms with van der Waals surface area (Å²) in [5.41, 5.74) is 2.06. The van der Waals surface area contributed by atoms with E-state index in [9.17, 15) is 0 Å². The minimum atomic E-state index is 0.609. The zero-order valence-corrected chi connectivity index (χ0v) is 12.2. The molecule has 1 N–H and O–H groups in total. The second-order valence-electron chi connectivity index (χ2n) is 5.06. The van der Waals surface area contributed by atoms with Crippen LogP contribution in [-0.4, -0.2) is 45.7 Å². The molecule has 0 aliphatic carbocycles. The highest BCUT2D eigenvalue weighted by atomic mass is 15.3. The Labute approximate surface area is 114 Å². The Bertz CT molecular complexity index is 534. The van der Waals surface area contributed by atoms with Crippen molar-refractivity contribution < 1.29 is 0 Å². The van der Waals surface area contributed by atoms with Crippen LogP contribution in [0.4, 0.5) is 5.95 Å². The fraction of sp³-hybridized carbons (Fsp3) is 0.571.